The van der Waals surface area contributed by atoms with Crippen molar-refractivity contribution in [2.24, 2.45) is 0 Å². The lowest BCUT2D eigenvalue weighted by Gasteiger charge is -2.10. The van der Waals surface area contributed by atoms with Crippen LogP contribution in [-0.4, -0.2) is 33.5 Å². The summed E-state index contributed by atoms with van der Waals surface area (Å²) in [7, 11) is 1.53. The number of thioether (sulfide) groups is 1. The highest BCUT2D eigenvalue weighted by molar-refractivity contribution is 7.99. The molecule has 4 aromatic rings. The Morgan fingerprint density at radius 2 is 1.97 bits per heavy atom. The van der Waals surface area contributed by atoms with Crippen molar-refractivity contribution in [1.29, 1.82) is 0 Å². The summed E-state index contributed by atoms with van der Waals surface area (Å²) in [6, 6.07) is 15.8. The van der Waals surface area contributed by atoms with Crippen LogP contribution in [-0.2, 0) is 17.9 Å². The Morgan fingerprint density at radius 1 is 1.15 bits per heavy atom. The number of rotatable bonds is 10. The summed E-state index contributed by atoms with van der Waals surface area (Å²) >= 11 is 13.3. The van der Waals surface area contributed by atoms with E-state index in [4.69, 9.17) is 37.1 Å². The molecule has 0 fully saturated rings. The number of nitrogens with zero attached hydrogens (tertiary/aromatic N) is 3. The third kappa shape index (κ3) is 6.25. The fraction of sp³-hybridized carbons (Fsp3) is 0.174. The number of ether oxygens (including phenoxy) is 2. The number of furan rings is 1. The van der Waals surface area contributed by atoms with Crippen LogP contribution in [0.15, 0.2) is 70.4 Å². The van der Waals surface area contributed by atoms with E-state index in [9.17, 15) is 4.79 Å². The SMILES string of the molecule is COc1ccc(NC(=O)CSc2nnc(COc3ccc(Cl)cc3)n2Cc2ccco2)cc1Cl. The average Bonchev–Trinajstić information content (AvgIpc) is 3.48. The van der Waals surface area contributed by atoms with E-state index < -0.39 is 0 Å². The largest absolute Gasteiger partial charge is 0.495 e. The Hall–Kier alpha value is -3.14. The first-order chi connectivity index (χ1) is 16.5. The minimum Gasteiger partial charge on any atom is -0.495 e. The highest BCUT2D eigenvalue weighted by Crippen LogP contribution is 2.27. The van der Waals surface area contributed by atoms with Gasteiger partial charge in [-0.05, 0) is 54.6 Å². The standard InChI is InChI=1S/C23H20Cl2N4O4S/c1-31-20-9-6-16(11-19(20)25)26-22(30)14-34-23-28-27-21(29(23)12-18-3-2-10-32-18)13-33-17-7-4-15(24)5-8-17/h2-11H,12-14H2,1H3,(H,26,30). The lowest BCUT2D eigenvalue weighted by Crippen LogP contribution is -2.15. The minimum atomic E-state index is -0.210. The number of hydrogen-bond donors (Lipinski definition) is 1. The van der Waals surface area contributed by atoms with Gasteiger partial charge in [0.15, 0.2) is 11.0 Å². The van der Waals surface area contributed by atoms with Gasteiger partial charge >= 0.3 is 0 Å². The summed E-state index contributed by atoms with van der Waals surface area (Å²) < 4.78 is 18.3. The van der Waals surface area contributed by atoms with Crippen molar-refractivity contribution in [2.75, 3.05) is 18.2 Å². The van der Waals surface area contributed by atoms with Gasteiger partial charge in [-0.3, -0.25) is 9.36 Å². The molecule has 0 atom stereocenters. The van der Waals surface area contributed by atoms with Crippen LogP contribution in [0.5, 0.6) is 11.5 Å². The smallest absolute Gasteiger partial charge is 0.234 e. The third-order valence-electron chi connectivity index (χ3n) is 4.64. The molecule has 11 heteroatoms. The number of anilines is 1. The topological polar surface area (TPSA) is 91.4 Å². The summed E-state index contributed by atoms with van der Waals surface area (Å²) in [4.78, 5) is 12.5. The molecule has 2 aromatic heterocycles. The van der Waals surface area contributed by atoms with Crippen molar-refractivity contribution in [3.8, 4) is 11.5 Å². The second-order valence-electron chi connectivity index (χ2n) is 6.99. The first-order valence-corrected chi connectivity index (χ1v) is 11.8. The molecule has 0 bridgehead atoms. The van der Waals surface area contributed by atoms with Gasteiger partial charge in [0, 0.05) is 10.7 Å². The van der Waals surface area contributed by atoms with Gasteiger partial charge in [0.25, 0.3) is 0 Å². The minimum absolute atomic E-state index is 0.123. The monoisotopic (exact) mass is 518 g/mol. The summed E-state index contributed by atoms with van der Waals surface area (Å²) in [5.74, 6) is 2.43. The van der Waals surface area contributed by atoms with Crippen LogP contribution in [0.3, 0.4) is 0 Å². The average molecular weight is 519 g/mol. The maximum atomic E-state index is 12.5. The predicted molar refractivity (Wildman–Crippen MR) is 131 cm³/mol. The van der Waals surface area contributed by atoms with E-state index >= 15 is 0 Å². The summed E-state index contributed by atoms with van der Waals surface area (Å²) in [6.45, 7) is 0.587. The molecule has 2 heterocycles. The van der Waals surface area contributed by atoms with Gasteiger partial charge in [-0.25, -0.2) is 0 Å². The van der Waals surface area contributed by atoms with Crippen LogP contribution in [0.25, 0.3) is 0 Å². The number of amides is 1. The maximum Gasteiger partial charge on any atom is 0.234 e. The zero-order chi connectivity index (χ0) is 23.9. The van der Waals surface area contributed by atoms with Gasteiger partial charge in [0.05, 0.1) is 30.7 Å². The normalized spacial score (nSPS) is 10.8. The van der Waals surface area contributed by atoms with Gasteiger partial charge < -0.3 is 19.2 Å². The lowest BCUT2D eigenvalue weighted by atomic mass is 10.3. The van der Waals surface area contributed by atoms with E-state index in [1.807, 2.05) is 16.7 Å². The van der Waals surface area contributed by atoms with Crippen molar-refractivity contribution in [3.63, 3.8) is 0 Å². The fourth-order valence-electron chi connectivity index (χ4n) is 3.00. The highest BCUT2D eigenvalue weighted by atomic mass is 35.5. The highest BCUT2D eigenvalue weighted by Gasteiger charge is 2.17. The van der Waals surface area contributed by atoms with Gasteiger partial charge in [0.2, 0.25) is 5.91 Å². The van der Waals surface area contributed by atoms with Crippen molar-refractivity contribution < 1.29 is 18.7 Å². The summed E-state index contributed by atoms with van der Waals surface area (Å²) in [6.07, 6.45) is 1.60. The van der Waals surface area contributed by atoms with Crippen LogP contribution in [0.1, 0.15) is 11.6 Å². The number of methoxy groups -OCH3 is 1. The summed E-state index contributed by atoms with van der Waals surface area (Å²) in [5.41, 5.74) is 0.575. The summed E-state index contributed by atoms with van der Waals surface area (Å²) in [5, 5.41) is 12.9. The van der Waals surface area contributed by atoms with E-state index in [1.54, 1.807) is 48.7 Å². The number of carbonyl (C=O) groups is 1. The predicted octanol–water partition coefficient (Wildman–Crippen LogP) is 5.54. The Bertz CT molecular complexity index is 1250. The first-order valence-electron chi connectivity index (χ1n) is 10.1. The Balaban J connectivity index is 1.43. The number of benzene rings is 2. The maximum absolute atomic E-state index is 12.5. The molecule has 0 aliphatic carbocycles. The molecule has 1 N–H and O–H groups in total. The Labute approximate surface area is 210 Å². The number of halogens is 2. The van der Waals surface area contributed by atoms with Crippen molar-refractivity contribution in [2.45, 2.75) is 18.3 Å². The zero-order valence-corrected chi connectivity index (χ0v) is 20.4. The number of carbonyl (C=O) groups excluding carboxylic acids is 1. The van der Waals surface area contributed by atoms with Crippen LogP contribution < -0.4 is 14.8 Å². The van der Waals surface area contributed by atoms with Crippen LogP contribution in [0, 0.1) is 0 Å². The van der Waals surface area contributed by atoms with Crippen molar-refractivity contribution >= 4 is 46.6 Å². The van der Waals surface area contributed by atoms with Crippen molar-refractivity contribution in [3.05, 3.63) is 82.5 Å². The second kappa shape index (κ2) is 11.3. The van der Waals surface area contributed by atoms with E-state index in [0.717, 1.165) is 5.76 Å². The number of hydrogen-bond acceptors (Lipinski definition) is 7. The van der Waals surface area contributed by atoms with Crippen molar-refractivity contribution in [1.82, 2.24) is 14.8 Å². The molecule has 34 heavy (non-hydrogen) atoms. The molecule has 0 aliphatic heterocycles. The second-order valence-corrected chi connectivity index (χ2v) is 8.78. The van der Waals surface area contributed by atoms with E-state index in [-0.39, 0.29) is 18.3 Å². The van der Waals surface area contributed by atoms with Gasteiger partial charge in [-0.15, -0.1) is 10.2 Å². The lowest BCUT2D eigenvalue weighted by molar-refractivity contribution is -0.113. The molecule has 1 amide bonds. The molecule has 0 saturated heterocycles. The quantitative estimate of drug-likeness (QED) is 0.275. The van der Waals surface area contributed by atoms with Crippen LogP contribution >= 0.6 is 35.0 Å². The van der Waals surface area contributed by atoms with Gasteiger partial charge in [-0.1, -0.05) is 35.0 Å². The van der Waals surface area contributed by atoms with E-state index in [2.05, 4.69) is 15.5 Å². The van der Waals surface area contributed by atoms with E-state index in [0.29, 0.717) is 44.8 Å². The van der Waals surface area contributed by atoms with Gasteiger partial charge in [-0.2, -0.15) is 0 Å². The van der Waals surface area contributed by atoms with E-state index in [1.165, 1.54) is 18.9 Å². The zero-order valence-electron chi connectivity index (χ0n) is 18.0. The molecule has 0 aliphatic rings. The molecule has 8 nitrogen and oxygen atoms in total. The number of aromatic nitrogens is 3. The third-order valence-corrected chi connectivity index (χ3v) is 6.15. The Kier molecular flexibility index (Phi) is 7.99. The molecule has 176 valence electrons. The molecule has 0 radical (unpaired) electrons. The first kappa shape index (κ1) is 24.0. The molecule has 2 aromatic carbocycles. The van der Waals surface area contributed by atoms with Crippen LogP contribution in [0.2, 0.25) is 10.0 Å². The molecular formula is C23H20Cl2N4O4S. The molecule has 0 unspecified atom stereocenters. The molecule has 0 spiro atoms. The molecular weight excluding hydrogens is 499 g/mol. The van der Waals surface area contributed by atoms with Gasteiger partial charge in [0.1, 0.15) is 23.9 Å². The fourth-order valence-corrected chi connectivity index (χ4v) is 4.14. The Morgan fingerprint density at radius 3 is 2.68 bits per heavy atom. The molecule has 4 rings (SSSR count). The molecule has 0 saturated carbocycles. The number of nitrogens with one attached hydrogen (secondary N) is 1. The van der Waals surface area contributed by atoms with Crippen LogP contribution in [0.4, 0.5) is 5.69 Å².